The molecule has 6 nitrogen and oxygen atoms in total. The molecule has 2 rings (SSSR count). The third-order valence-corrected chi connectivity index (χ3v) is 4.27. The Morgan fingerprint density at radius 1 is 1.25 bits per heavy atom. The Hall–Kier alpha value is -1.65. The fraction of sp³-hybridized carbons (Fsp3) is 0.500. The first-order valence-corrected chi connectivity index (χ1v) is 8.36. The van der Waals surface area contributed by atoms with Gasteiger partial charge in [-0.1, -0.05) is 30.3 Å². The topological polar surface area (TPSA) is 94.1 Å². The van der Waals surface area contributed by atoms with Crippen molar-refractivity contribution in [1.82, 2.24) is 4.90 Å². The van der Waals surface area contributed by atoms with Crippen LogP contribution < -0.4 is 5.32 Å². The van der Waals surface area contributed by atoms with Gasteiger partial charge in [0.15, 0.2) is 21.8 Å². The number of nitrogens with two attached hydrogens (primary N) is 1. The van der Waals surface area contributed by atoms with Crippen molar-refractivity contribution < 1.29 is 36.3 Å². The standard InChI is InChI=1S/C13H18N2O.CHF3O3S/c1-13(2)14-11(12(16)15(13)3)9-10-7-5-4-6-8-10;2-1(3,4)8(5,6)7/h4-8,11,14H,9H2,1-3H3;(H,5,6,7)/t11-;/m0./s1. The summed E-state index contributed by atoms with van der Waals surface area (Å²) in [6.45, 7) is 4.16. The van der Waals surface area contributed by atoms with Gasteiger partial charge in [-0.25, -0.2) is 8.42 Å². The lowest BCUT2D eigenvalue weighted by atomic mass is 10.1. The first-order chi connectivity index (χ1) is 10.8. The Kier molecular flexibility index (Phi) is 6.01. The highest BCUT2D eigenvalue weighted by molar-refractivity contribution is 7.86. The molecule has 0 saturated carbocycles. The molecule has 24 heavy (non-hydrogen) atoms. The Bertz CT molecular complexity index is 675. The van der Waals surface area contributed by atoms with E-state index in [-0.39, 0.29) is 17.6 Å². The van der Waals surface area contributed by atoms with Crippen molar-refractivity contribution in [3.8, 4) is 0 Å². The van der Waals surface area contributed by atoms with Crippen LogP contribution in [0.3, 0.4) is 0 Å². The number of rotatable bonds is 2. The van der Waals surface area contributed by atoms with Gasteiger partial charge in [0.2, 0.25) is 0 Å². The molecule has 1 aromatic carbocycles. The summed E-state index contributed by atoms with van der Waals surface area (Å²) in [6.07, 6.45) is 0.813. The number of alkyl halides is 3. The maximum Gasteiger partial charge on any atom is 0.485 e. The first kappa shape index (κ1) is 20.4. The molecule has 0 aliphatic carbocycles. The molecule has 0 aromatic heterocycles. The summed E-state index contributed by atoms with van der Waals surface area (Å²) in [4.78, 5) is 13.9. The van der Waals surface area contributed by atoms with Crippen molar-refractivity contribution in [1.29, 1.82) is 0 Å². The molecule has 1 atom stereocenters. The Morgan fingerprint density at radius 2 is 1.71 bits per heavy atom. The van der Waals surface area contributed by atoms with Gasteiger partial charge < -0.3 is 9.87 Å². The van der Waals surface area contributed by atoms with Crippen molar-refractivity contribution in [2.75, 3.05) is 7.05 Å². The first-order valence-electron chi connectivity index (χ1n) is 6.95. The fourth-order valence-corrected chi connectivity index (χ4v) is 2.22. The van der Waals surface area contributed by atoms with Gasteiger partial charge in [-0.2, -0.15) is 13.2 Å². The van der Waals surface area contributed by atoms with Gasteiger partial charge in [-0.15, -0.1) is 0 Å². The second kappa shape index (κ2) is 7.08. The summed E-state index contributed by atoms with van der Waals surface area (Å²) in [5.74, 6) is 0.230. The summed E-state index contributed by atoms with van der Waals surface area (Å²) in [7, 11) is -4.21. The number of hydrogen-bond donors (Lipinski definition) is 1. The minimum Gasteiger partial charge on any atom is -0.741 e. The van der Waals surface area contributed by atoms with E-state index in [1.165, 1.54) is 5.56 Å². The average Bonchev–Trinajstić information content (AvgIpc) is 2.62. The van der Waals surface area contributed by atoms with Gasteiger partial charge in [0.1, 0.15) is 0 Å². The number of nitrogens with zero attached hydrogens (tertiary/aromatic N) is 1. The van der Waals surface area contributed by atoms with E-state index in [0.717, 1.165) is 6.42 Å². The van der Waals surface area contributed by atoms with Crippen LogP contribution in [0.4, 0.5) is 13.2 Å². The van der Waals surface area contributed by atoms with Gasteiger partial charge in [0.05, 0.1) is 0 Å². The Labute approximate surface area is 138 Å². The Morgan fingerprint density at radius 3 is 2.04 bits per heavy atom. The molecule has 0 radical (unpaired) electrons. The molecule has 0 bridgehead atoms. The maximum atomic E-state index is 12.0. The molecule has 10 heteroatoms. The van der Waals surface area contributed by atoms with Crippen LogP contribution in [0.15, 0.2) is 30.3 Å². The third kappa shape index (κ3) is 5.18. The molecule has 1 amide bonds. The van der Waals surface area contributed by atoms with Crippen molar-refractivity contribution in [2.24, 2.45) is 0 Å². The highest BCUT2D eigenvalue weighted by atomic mass is 32.2. The van der Waals surface area contributed by atoms with Crippen molar-refractivity contribution >= 4 is 16.0 Å². The van der Waals surface area contributed by atoms with E-state index in [4.69, 9.17) is 13.0 Å². The van der Waals surface area contributed by atoms with Gasteiger partial charge in [-0.3, -0.25) is 9.69 Å². The number of carbonyl (C=O) groups is 1. The molecule has 1 aromatic rings. The second-order valence-corrected chi connectivity index (χ2v) is 7.28. The number of halogens is 3. The van der Waals surface area contributed by atoms with Gasteiger partial charge in [0.25, 0.3) is 5.91 Å². The minimum absolute atomic E-state index is 0.0300. The van der Waals surface area contributed by atoms with Crippen molar-refractivity contribution in [3.63, 3.8) is 0 Å². The molecule has 1 saturated heterocycles. The summed E-state index contributed by atoms with van der Waals surface area (Å²) < 4.78 is 58.9. The molecule has 1 aliphatic rings. The summed E-state index contributed by atoms with van der Waals surface area (Å²) in [6, 6.07) is 10.2. The largest absolute Gasteiger partial charge is 0.741 e. The quantitative estimate of drug-likeness (QED) is 0.605. The zero-order valence-electron chi connectivity index (χ0n) is 13.4. The summed E-state index contributed by atoms with van der Waals surface area (Å²) in [5, 5.41) is 2.16. The Balaban J connectivity index is 0.000000307. The number of hydrogen-bond acceptors (Lipinski definition) is 4. The van der Waals surface area contributed by atoms with Crippen molar-refractivity contribution in [3.05, 3.63) is 35.9 Å². The van der Waals surface area contributed by atoms with E-state index in [1.807, 2.05) is 30.1 Å². The fourth-order valence-electron chi connectivity index (χ4n) is 2.22. The SMILES string of the molecule is CN1C(=O)[C@H](Cc2ccccc2)[NH2+]C1(C)C.O=S(=O)([O-])C(F)(F)F. The monoisotopic (exact) mass is 368 g/mol. The third-order valence-electron chi connectivity index (χ3n) is 3.70. The average molecular weight is 368 g/mol. The van der Waals surface area contributed by atoms with E-state index in [2.05, 4.69) is 31.3 Å². The lowest BCUT2D eigenvalue weighted by Crippen LogP contribution is -2.98. The van der Waals surface area contributed by atoms with E-state index in [1.54, 1.807) is 0 Å². The minimum atomic E-state index is -6.09. The van der Waals surface area contributed by atoms with Crippen molar-refractivity contribution in [2.45, 2.75) is 37.5 Å². The van der Waals surface area contributed by atoms with Crippen LogP contribution in [-0.2, 0) is 21.3 Å². The zero-order chi connectivity index (χ0) is 18.8. The van der Waals surface area contributed by atoms with E-state index in [9.17, 15) is 18.0 Å². The van der Waals surface area contributed by atoms with E-state index < -0.39 is 15.6 Å². The smallest absolute Gasteiger partial charge is 0.485 e. The molecular weight excluding hydrogens is 349 g/mol. The number of amides is 1. The molecule has 136 valence electrons. The predicted octanol–water partition coefficient (Wildman–Crippen LogP) is 0.421. The molecule has 1 fully saturated rings. The number of quaternary nitrogens is 1. The second-order valence-electron chi connectivity index (χ2n) is 5.91. The van der Waals surface area contributed by atoms with E-state index >= 15 is 0 Å². The highest BCUT2D eigenvalue weighted by Gasteiger charge is 2.46. The number of carbonyl (C=O) groups excluding carboxylic acids is 1. The summed E-state index contributed by atoms with van der Waals surface area (Å²) in [5.41, 5.74) is -4.54. The van der Waals surface area contributed by atoms with Gasteiger partial charge in [-0.05, 0) is 5.56 Å². The van der Waals surface area contributed by atoms with Crippen LogP contribution in [0.2, 0.25) is 0 Å². The van der Waals surface area contributed by atoms with Crippen LogP contribution in [0.1, 0.15) is 19.4 Å². The number of likely N-dealkylation sites (N-methyl/N-ethyl adjacent to an activating group) is 1. The normalized spacial score (nSPS) is 20.5. The van der Waals surface area contributed by atoms with Gasteiger partial charge in [0, 0.05) is 27.3 Å². The lowest BCUT2D eigenvalue weighted by molar-refractivity contribution is -0.737. The van der Waals surface area contributed by atoms with Crippen LogP contribution in [-0.4, -0.2) is 48.0 Å². The molecule has 0 spiro atoms. The van der Waals surface area contributed by atoms with Crippen LogP contribution in [0.25, 0.3) is 0 Å². The molecular formula is C14H19F3N2O4S. The van der Waals surface area contributed by atoms with Crippen LogP contribution in [0.5, 0.6) is 0 Å². The molecule has 1 aliphatic heterocycles. The highest BCUT2D eigenvalue weighted by Crippen LogP contribution is 2.20. The zero-order valence-corrected chi connectivity index (χ0v) is 14.2. The lowest BCUT2D eigenvalue weighted by Gasteiger charge is -2.22. The predicted molar refractivity (Wildman–Crippen MR) is 78.5 cm³/mol. The summed E-state index contributed by atoms with van der Waals surface area (Å²) >= 11 is 0. The maximum absolute atomic E-state index is 12.0. The van der Waals surface area contributed by atoms with Gasteiger partial charge >= 0.3 is 5.51 Å². The van der Waals surface area contributed by atoms with Crippen LogP contribution in [0, 0.1) is 0 Å². The van der Waals surface area contributed by atoms with E-state index in [0.29, 0.717) is 0 Å². The number of benzene rings is 1. The molecule has 0 unspecified atom stereocenters. The molecule has 2 N–H and O–H groups in total. The van der Waals surface area contributed by atoms with Crippen LogP contribution >= 0.6 is 0 Å². The molecule has 1 heterocycles.